The van der Waals surface area contributed by atoms with E-state index in [1.54, 1.807) is 0 Å². The normalized spacial score (nSPS) is 9.25. The Morgan fingerprint density at radius 3 is 2.81 bits per heavy atom. The van der Waals surface area contributed by atoms with E-state index in [-0.39, 0.29) is 12.5 Å². The largest absolute Gasteiger partial charge is 0.356 e. The minimum absolute atomic E-state index is 0.123. The van der Waals surface area contributed by atoms with E-state index in [0.29, 0.717) is 6.54 Å². The number of hydrogen-bond donors (Lipinski definition) is 1. The van der Waals surface area contributed by atoms with E-state index in [1.807, 2.05) is 18.2 Å². The second kappa shape index (κ2) is 7.31. The van der Waals surface area contributed by atoms with E-state index in [9.17, 15) is 4.79 Å². The third-order valence-electron chi connectivity index (χ3n) is 2.08. The van der Waals surface area contributed by atoms with Crippen molar-refractivity contribution in [2.45, 2.75) is 12.8 Å². The van der Waals surface area contributed by atoms with Crippen molar-refractivity contribution in [1.29, 1.82) is 0 Å². The van der Waals surface area contributed by atoms with Gasteiger partial charge in [-0.1, -0.05) is 35.4 Å². The van der Waals surface area contributed by atoms with Crippen LogP contribution in [-0.2, 0) is 11.2 Å². The van der Waals surface area contributed by atoms with Crippen molar-refractivity contribution >= 4 is 5.91 Å². The third kappa shape index (κ3) is 5.02. The molecule has 0 spiro atoms. The van der Waals surface area contributed by atoms with Gasteiger partial charge < -0.3 is 5.32 Å². The second-order valence-electron chi connectivity index (χ2n) is 3.33. The molecule has 0 aromatic heterocycles. The fourth-order valence-electron chi connectivity index (χ4n) is 1.32. The first-order chi connectivity index (χ1) is 7.83. The summed E-state index contributed by atoms with van der Waals surface area (Å²) in [5.41, 5.74) is 9.27. The molecule has 1 N–H and O–H groups in total. The fraction of sp³-hybridized carbons (Fsp3) is 0.364. The van der Waals surface area contributed by atoms with Gasteiger partial charge in [0.25, 0.3) is 0 Å². The van der Waals surface area contributed by atoms with E-state index >= 15 is 0 Å². The zero-order valence-electron chi connectivity index (χ0n) is 8.97. The Labute approximate surface area is 94.1 Å². The Kier molecular flexibility index (Phi) is 5.52. The average Bonchev–Trinajstić information content (AvgIpc) is 2.33. The lowest BCUT2D eigenvalue weighted by atomic mass is 10.1. The van der Waals surface area contributed by atoms with Gasteiger partial charge in [-0.3, -0.25) is 4.79 Å². The Balaban J connectivity index is 2.12. The van der Waals surface area contributed by atoms with Gasteiger partial charge in [0.2, 0.25) is 5.91 Å². The highest BCUT2D eigenvalue weighted by Gasteiger charge is 1.97. The Morgan fingerprint density at radius 1 is 1.38 bits per heavy atom. The maximum absolute atomic E-state index is 11.0. The SMILES string of the molecule is [N-]=[N+]=NCC(=O)NCCCc1ccccc1. The predicted molar refractivity (Wildman–Crippen MR) is 61.8 cm³/mol. The molecule has 0 heterocycles. The molecule has 1 amide bonds. The summed E-state index contributed by atoms with van der Waals surface area (Å²) in [4.78, 5) is 13.6. The summed E-state index contributed by atoms with van der Waals surface area (Å²) < 4.78 is 0. The molecule has 1 aromatic rings. The van der Waals surface area contributed by atoms with Crippen molar-refractivity contribution in [3.8, 4) is 0 Å². The maximum atomic E-state index is 11.0. The van der Waals surface area contributed by atoms with Crippen molar-refractivity contribution in [3.05, 3.63) is 46.3 Å². The molecule has 0 aliphatic rings. The molecule has 0 saturated carbocycles. The minimum atomic E-state index is -0.231. The van der Waals surface area contributed by atoms with Crippen LogP contribution in [-0.4, -0.2) is 19.0 Å². The average molecular weight is 218 g/mol. The number of nitrogens with zero attached hydrogens (tertiary/aromatic N) is 3. The molecule has 1 aromatic carbocycles. The molecular formula is C11H14N4O. The van der Waals surface area contributed by atoms with Gasteiger partial charge in [-0.05, 0) is 23.9 Å². The first-order valence-electron chi connectivity index (χ1n) is 5.14. The van der Waals surface area contributed by atoms with Gasteiger partial charge in [-0.2, -0.15) is 0 Å². The molecule has 84 valence electrons. The van der Waals surface area contributed by atoms with E-state index < -0.39 is 0 Å². The standard InChI is InChI=1S/C11H14N4O/c12-15-14-9-11(16)13-8-4-7-10-5-2-1-3-6-10/h1-3,5-6H,4,7-9H2,(H,13,16). The molecule has 0 saturated heterocycles. The summed E-state index contributed by atoms with van der Waals surface area (Å²) in [6, 6.07) is 10.1. The highest BCUT2D eigenvalue weighted by atomic mass is 16.1. The Hall–Kier alpha value is -2.00. The van der Waals surface area contributed by atoms with Crippen LogP contribution in [0.1, 0.15) is 12.0 Å². The summed E-state index contributed by atoms with van der Waals surface area (Å²) in [6.45, 7) is 0.483. The van der Waals surface area contributed by atoms with Crippen LogP contribution in [0.4, 0.5) is 0 Å². The van der Waals surface area contributed by atoms with E-state index in [2.05, 4.69) is 27.5 Å². The van der Waals surface area contributed by atoms with E-state index in [0.717, 1.165) is 12.8 Å². The van der Waals surface area contributed by atoms with Gasteiger partial charge >= 0.3 is 0 Å². The number of benzene rings is 1. The topological polar surface area (TPSA) is 77.9 Å². The lowest BCUT2D eigenvalue weighted by Crippen LogP contribution is -2.26. The van der Waals surface area contributed by atoms with Crippen LogP contribution in [0.5, 0.6) is 0 Å². The number of aryl methyl sites for hydroxylation is 1. The van der Waals surface area contributed by atoms with Crippen LogP contribution >= 0.6 is 0 Å². The molecule has 5 nitrogen and oxygen atoms in total. The van der Waals surface area contributed by atoms with Crippen molar-refractivity contribution in [2.75, 3.05) is 13.1 Å². The van der Waals surface area contributed by atoms with Gasteiger partial charge in [0, 0.05) is 11.5 Å². The second-order valence-corrected chi connectivity index (χ2v) is 3.33. The molecule has 5 heteroatoms. The molecule has 0 unspecified atom stereocenters. The lowest BCUT2D eigenvalue weighted by Gasteiger charge is -2.03. The smallest absolute Gasteiger partial charge is 0.225 e. The van der Waals surface area contributed by atoms with E-state index in [1.165, 1.54) is 5.56 Å². The predicted octanol–water partition coefficient (Wildman–Crippen LogP) is 2.05. The van der Waals surface area contributed by atoms with Crippen LogP contribution in [0.3, 0.4) is 0 Å². The molecular weight excluding hydrogens is 204 g/mol. The van der Waals surface area contributed by atoms with Crippen LogP contribution in [0, 0.1) is 0 Å². The molecule has 0 fully saturated rings. The summed E-state index contributed by atoms with van der Waals surface area (Å²) in [7, 11) is 0. The van der Waals surface area contributed by atoms with Crippen molar-refractivity contribution in [2.24, 2.45) is 5.11 Å². The van der Waals surface area contributed by atoms with Gasteiger partial charge in [0.05, 0.1) is 0 Å². The zero-order chi connectivity index (χ0) is 11.6. The number of hydrogen-bond acceptors (Lipinski definition) is 2. The summed E-state index contributed by atoms with van der Waals surface area (Å²) in [6.07, 6.45) is 1.81. The molecule has 0 aliphatic carbocycles. The zero-order valence-corrected chi connectivity index (χ0v) is 8.97. The molecule has 1 rings (SSSR count). The highest BCUT2D eigenvalue weighted by molar-refractivity contribution is 5.78. The number of carbonyl (C=O) groups is 1. The number of azide groups is 1. The third-order valence-corrected chi connectivity index (χ3v) is 2.08. The fourth-order valence-corrected chi connectivity index (χ4v) is 1.32. The molecule has 0 aliphatic heterocycles. The number of nitrogens with one attached hydrogen (secondary N) is 1. The number of amides is 1. The molecule has 0 atom stereocenters. The van der Waals surface area contributed by atoms with Crippen molar-refractivity contribution < 1.29 is 4.79 Å². The van der Waals surface area contributed by atoms with Crippen molar-refractivity contribution in [3.63, 3.8) is 0 Å². The van der Waals surface area contributed by atoms with Crippen LogP contribution < -0.4 is 5.32 Å². The lowest BCUT2D eigenvalue weighted by molar-refractivity contribution is -0.119. The van der Waals surface area contributed by atoms with Gasteiger partial charge in [-0.15, -0.1) is 0 Å². The molecule has 0 radical (unpaired) electrons. The van der Waals surface area contributed by atoms with Crippen LogP contribution in [0.2, 0.25) is 0 Å². The van der Waals surface area contributed by atoms with E-state index in [4.69, 9.17) is 5.53 Å². The minimum Gasteiger partial charge on any atom is -0.356 e. The van der Waals surface area contributed by atoms with Gasteiger partial charge in [0.15, 0.2) is 0 Å². The first-order valence-corrected chi connectivity index (χ1v) is 5.14. The van der Waals surface area contributed by atoms with Gasteiger partial charge in [-0.25, -0.2) is 0 Å². The van der Waals surface area contributed by atoms with Crippen LogP contribution in [0.15, 0.2) is 35.4 Å². The number of rotatable bonds is 6. The Morgan fingerprint density at radius 2 is 2.12 bits per heavy atom. The maximum Gasteiger partial charge on any atom is 0.225 e. The van der Waals surface area contributed by atoms with Crippen molar-refractivity contribution in [1.82, 2.24) is 5.32 Å². The quantitative estimate of drug-likeness (QED) is 0.337. The monoisotopic (exact) mass is 218 g/mol. The Bertz CT molecular complexity index is 371. The number of carbonyl (C=O) groups excluding carboxylic acids is 1. The highest BCUT2D eigenvalue weighted by Crippen LogP contribution is 2.01. The summed E-state index contributed by atoms with van der Waals surface area (Å²) in [5.74, 6) is -0.231. The van der Waals surface area contributed by atoms with Crippen LogP contribution in [0.25, 0.3) is 10.4 Å². The molecule has 16 heavy (non-hydrogen) atoms. The first kappa shape index (κ1) is 12.1. The summed E-state index contributed by atoms with van der Waals surface area (Å²) >= 11 is 0. The molecule has 0 bridgehead atoms. The summed E-state index contributed by atoms with van der Waals surface area (Å²) in [5, 5.41) is 5.86. The van der Waals surface area contributed by atoms with Gasteiger partial charge in [0.1, 0.15) is 6.54 Å².